The van der Waals surface area contributed by atoms with Crippen LogP contribution in [0.1, 0.15) is 54.4 Å². The molecule has 0 aliphatic carbocycles. The summed E-state index contributed by atoms with van der Waals surface area (Å²) < 4.78 is 0. The van der Waals surface area contributed by atoms with Crippen LogP contribution in [0.3, 0.4) is 0 Å². The number of hydrogen-bond acceptors (Lipinski definition) is 5. The molecule has 1 fully saturated rings. The van der Waals surface area contributed by atoms with E-state index in [9.17, 15) is 9.90 Å². The van der Waals surface area contributed by atoms with E-state index in [1.54, 1.807) is 11.0 Å². The van der Waals surface area contributed by atoms with Crippen LogP contribution >= 0.6 is 0 Å². The molecule has 1 aliphatic heterocycles. The Morgan fingerprint density at radius 1 is 1.22 bits per heavy atom. The van der Waals surface area contributed by atoms with Crippen LogP contribution in [0.5, 0.6) is 0 Å². The molecular weight excluding hydrogens is 340 g/mol. The first-order chi connectivity index (χ1) is 12.9. The van der Waals surface area contributed by atoms with Gasteiger partial charge in [-0.2, -0.15) is 0 Å². The zero-order valence-corrected chi connectivity index (χ0v) is 16.0. The number of benzene rings is 1. The molecule has 3 N–H and O–H groups in total. The minimum absolute atomic E-state index is 0.109. The molecule has 0 spiro atoms. The number of likely N-dealkylation sites (tertiary alicyclic amines) is 1. The largest absolute Gasteiger partial charge is 0.392 e. The van der Waals surface area contributed by atoms with Gasteiger partial charge in [-0.25, -0.2) is 9.97 Å². The minimum atomic E-state index is -0.383. The van der Waals surface area contributed by atoms with E-state index < -0.39 is 0 Å². The molecule has 2 aromatic rings. The first-order valence-corrected chi connectivity index (χ1v) is 9.59. The number of amides is 1. The van der Waals surface area contributed by atoms with Gasteiger partial charge in [-0.3, -0.25) is 4.79 Å². The summed E-state index contributed by atoms with van der Waals surface area (Å²) in [6.45, 7) is 5.26. The molecule has 0 radical (unpaired) electrons. The Bertz CT molecular complexity index is 771. The van der Waals surface area contributed by atoms with Crippen LogP contribution in [-0.4, -0.2) is 45.1 Å². The Morgan fingerprint density at radius 2 is 1.89 bits per heavy atom. The van der Waals surface area contributed by atoms with Crippen LogP contribution in [0, 0.1) is 5.92 Å². The minimum Gasteiger partial charge on any atom is -0.392 e. The number of nitrogens with zero attached hydrogens (tertiary/aromatic N) is 3. The van der Waals surface area contributed by atoms with E-state index in [0.29, 0.717) is 25.2 Å². The van der Waals surface area contributed by atoms with Crippen LogP contribution in [0.25, 0.3) is 0 Å². The fourth-order valence-corrected chi connectivity index (χ4v) is 3.56. The van der Waals surface area contributed by atoms with Crippen molar-refractivity contribution in [1.29, 1.82) is 0 Å². The summed E-state index contributed by atoms with van der Waals surface area (Å²) in [5.41, 5.74) is 8.05. The average molecular weight is 368 g/mol. The summed E-state index contributed by atoms with van der Waals surface area (Å²) in [4.78, 5) is 22.9. The molecule has 1 saturated heterocycles. The Hall–Kier alpha value is -2.47. The van der Waals surface area contributed by atoms with E-state index in [4.69, 9.17) is 5.73 Å². The highest BCUT2D eigenvalue weighted by Crippen LogP contribution is 2.24. The molecule has 1 aromatic carbocycles. The van der Waals surface area contributed by atoms with Crippen molar-refractivity contribution < 1.29 is 9.90 Å². The Labute approximate surface area is 160 Å². The van der Waals surface area contributed by atoms with Gasteiger partial charge < -0.3 is 15.7 Å². The van der Waals surface area contributed by atoms with Gasteiger partial charge in [0.1, 0.15) is 5.69 Å². The first-order valence-electron chi connectivity index (χ1n) is 9.59. The van der Waals surface area contributed by atoms with Gasteiger partial charge in [-0.1, -0.05) is 44.2 Å². The van der Waals surface area contributed by atoms with Crippen molar-refractivity contribution >= 4 is 11.9 Å². The predicted molar refractivity (Wildman–Crippen MR) is 105 cm³/mol. The molecule has 27 heavy (non-hydrogen) atoms. The predicted octanol–water partition coefficient (Wildman–Crippen LogP) is 2.64. The highest BCUT2D eigenvalue weighted by Gasteiger charge is 2.29. The summed E-state index contributed by atoms with van der Waals surface area (Å²) in [5, 5.41) is 10.6. The molecule has 1 atom stereocenters. The fourth-order valence-electron chi connectivity index (χ4n) is 3.56. The van der Waals surface area contributed by atoms with Gasteiger partial charge in [0.25, 0.3) is 5.91 Å². The van der Waals surface area contributed by atoms with Crippen LogP contribution in [0.4, 0.5) is 5.95 Å². The van der Waals surface area contributed by atoms with Crippen molar-refractivity contribution in [3.8, 4) is 0 Å². The summed E-state index contributed by atoms with van der Waals surface area (Å²) in [7, 11) is 0. The lowest BCUT2D eigenvalue weighted by atomic mass is 9.88. The normalized spacial score (nSPS) is 16.5. The highest BCUT2D eigenvalue weighted by atomic mass is 16.3. The molecule has 6 nitrogen and oxygen atoms in total. The number of hydrogen-bond donors (Lipinski definition) is 2. The maximum Gasteiger partial charge on any atom is 0.272 e. The third kappa shape index (κ3) is 4.83. The Morgan fingerprint density at radius 3 is 2.52 bits per heavy atom. The Kier molecular flexibility index (Phi) is 6.06. The van der Waals surface area contributed by atoms with Gasteiger partial charge in [-0.05, 0) is 42.7 Å². The van der Waals surface area contributed by atoms with E-state index in [1.807, 2.05) is 44.2 Å². The third-order valence-corrected chi connectivity index (χ3v) is 5.23. The second-order valence-electron chi connectivity index (χ2n) is 7.58. The molecule has 6 heteroatoms. The van der Waals surface area contributed by atoms with E-state index in [1.165, 1.54) is 0 Å². The lowest BCUT2D eigenvalue weighted by molar-refractivity contribution is 0.0463. The zero-order valence-electron chi connectivity index (χ0n) is 16.0. The van der Waals surface area contributed by atoms with Crippen LogP contribution in [-0.2, 0) is 6.42 Å². The van der Waals surface area contributed by atoms with E-state index in [-0.39, 0.29) is 29.8 Å². The molecule has 1 amide bonds. The molecule has 1 aliphatic rings. The number of nitrogens with two attached hydrogens (primary N) is 1. The lowest BCUT2D eigenvalue weighted by Crippen LogP contribution is -2.42. The number of carbonyl (C=O) groups is 1. The van der Waals surface area contributed by atoms with Gasteiger partial charge in [0, 0.05) is 18.8 Å². The molecule has 1 aromatic heterocycles. The number of rotatable bonds is 5. The van der Waals surface area contributed by atoms with Gasteiger partial charge in [0.05, 0.1) is 6.10 Å². The number of piperidine rings is 1. The number of aliphatic hydroxyl groups is 1. The van der Waals surface area contributed by atoms with Crippen molar-refractivity contribution in [3.63, 3.8) is 0 Å². The lowest BCUT2D eigenvalue weighted by Gasteiger charge is -2.34. The fraction of sp³-hybridized carbons (Fsp3) is 0.476. The van der Waals surface area contributed by atoms with E-state index >= 15 is 0 Å². The Balaban J connectivity index is 1.59. The second-order valence-corrected chi connectivity index (χ2v) is 7.58. The van der Waals surface area contributed by atoms with Crippen molar-refractivity contribution in [2.24, 2.45) is 5.92 Å². The van der Waals surface area contributed by atoms with Crippen LogP contribution in [0.15, 0.2) is 36.4 Å². The van der Waals surface area contributed by atoms with Crippen LogP contribution < -0.4 is 5.73 Å². The SMILES string of the molecule is CC(C)c1cc(C(=O)N2CCC([C@H](O)Cc3ccccc3)CC2)nc(N)n1. The summed E-state index contributed by atoms with van der Waals surface area (Å²) in [6.07, 6.45) is 1.85. The smallest absolute Gasteiger partial charge is 0.272 e. The molecule has 3 rings (SSSR count). The van der Waals surface area contributed by atoms with E-state index in [0.717, 1.165) is 24.1 Å². The highest BCUT2D eigenvalue weighted by molar-refractivity contribution is 5.92. The van der Waals surface area contributed by atoms with Crippen molar-refractivity contribution in [2.45, 2.75) is 45.1 Å². The molecule has 0 bridgehead atoms. The van der Waals surface area contributed by atoms with Gasteiger partial charge in [0.2, 0.25) is 5.95 Å². The van der Waals surface area contributed by atoms with Gasteiger partial charge >= 0.3 is 0 Å². The van der Waals surface area contributed by atoms with Crippen LogP contribution in [0.2, 0.25) is 0 Å². The topological polar surface area (TPSA) is 92.3 Å². The maximum absolute atomic E-state index is 12.8. The number of nitrogen functional groups attached to an aromatic ring is 1. The molecule has 0 unspecified atom stereocenters. The van der Waals surface area contributed by atoms with Crippen molar-refractivity contribution in [3.05, 3.63) is 53.3 Å². The molecular formula is C21H28N4O2. The average Bonchev–Trinajstić information content (AvgIpc) is 2.67. The van der Waals surface area contributed by atoms with Crippen molar-refractivity contribution in [2.75, 3.05) is 18.8 Å². The first kappa shape index (κ1) is 19.3. The summed E-state index contributed by atoms with van der Waals surface area (Å²) >= 11 is 0. The number of aromatic nitrogens is 2. The van der Waals surface area contributed by atoms with Gasteiger partial charge in [-0.15, -0.1) is 0 Å². The van der Waals surface area contributed by atoms with E-state index in [2.05, 4.69) is 9.97 Å². The third-order valence-electron chi connectivity index (χ3n) is 5.23. The van der Waals surface area contributed by atoms with Gasteiger partial charge in [0.15, 0.2) is 0 Å². The van der Waals surface area contributed by atoms with Crippen molar-refractivity contribution in [1.82, 2.24) is 14.9 Å². The standard InChI is InChI=1S/C21H28N4O2/c1-14(2)17-13-18(24-21(22)23-17)20(27)25-10-8-16(9-11-25)19(26)12-15-6-4-3-5-7-15/h3-7,13-14,16,19,26H,8-12H2,1-2H3,(H2,22,23,24)/t19-/m1/s1. The molecule has 0 saturated carbocycles. The summed E-state index contributed by atoms with van der Waals surface area (Å²) in [6, 6.07) is 11.8. The quantitative estimate of drug-likeness (QED) is 0.846. The second kappa shape index (κ2) is 8.48. The monoisotopic (exact) mass is 368 g/mol. The molecule has 144 valence electrons. The number of anilines is 1. The summed E-state index contributed by atoms with van der Waals surface area (Å²) in [5.74, 6) is 0.413. The number of aliphatic hydroxyl groups excluding tert-OH is 1. The molecule has 2 heterocycles. The zero-order chi connectivity index (χ0) is 19.4. The number of carbonyl (C=O) groups excluding carboxylic acids is 1. The maximum atomic E-state index is 12.8.